The Labute approximate surface area is 105 Å². The minimum atomic E-state index is 0.219. The van der Waals surface area contributed by atoms with Crippen molar-refractivity contribution >= 4 is 5.91 Å². The number of likely N-dealkylation sites (tertiary alicyclic amines) is 1. The molecule has 2 heteroatoms. The predicted octanol–water partition coefficient (Wildman–Crippen LogP) is 3.38. The molecule has 0 aromatic heterocycles. The Morgan fingerprint density at radius 3 is 2.47 bits per heavy atom. The van der Waals surface area contributed by atoms with Crippen LogP contribution in [-0.2, 0) is 4.79 Å². The maximum absolute atomic E-state index is 12.2. The summed E-state index contributed by atoms with van der Waals surface area (Å²) < 4.78 is 0. The van der Waals surface area contributed by atoms with Crippen molar-refractivity contribution in [2.24, 2.45) is 10.8 Å². The average molecular weight is 235 g/mol. The molecule has 0 N–H and O–H groups in total. The fraction of sp³-hybridized carbons (Fsp3) is 0.800. The van der Waals surface area contributed by atoms with Crippen LogP contribution in [0.15, 0.2) is 11.6 Å². The van der Waals surface area contributed by atoms with E-state index in [1.54, 1.807) is 6.08 Å². The van der Waals surface area contributed by atoms with E-state index in [1.165, 1.54) is 12.8 Å². The van der Waals surface area contributed by atoms with Gasteiger partial charge >= 0.3 is 0 Å². The normalized spacial score (nSPS) is 34.6. The van der Waals surface area contributed by atoms with Crippen molar-refractivity contribution in [3.05, 3.63) is 11.6 Å². The van der Waals surface area contributed by atoms with Gasteiger partial charge in [0.05, 0.1) is 0 Å². The van der Waals surface area contributed by atoms with Gasteiger partial charge in [0.15, 0.2) is 0 Å². The third-order valence-corrected chi connectivity index (χ3v) is 4.11. The summed E-state index contributed by atoms with van der Waals surface area (Å²) in [4.78, 5) is 14.3. The number of amides is 1. The molecule has 2 bridgehead atoms. The Hall–Kier alpha value is -0.790. The van der Waals surface area contributed by atoms with Gasteiger partial charge in [0, 0.05) is 18.7 Å². The zero-order valence-corrected chi connectivity index (χ0v) is 11.8. The summed E-state index contributed by atoms with van der Waals surface area (Å²) in [7, 11) is 0. The monoisotopic (exact) mass is 235 g/mol. The smallest absolute Gasteiger partial charge is 0.246 e. The Bertz CT molecular complexity index is 365. The zero-order valence-electron chi connectivity index (χ0n) is 11.8. The first-order chi connectivity index (χ1) is 7.71. The lowest BCUT2D eigenvalue weighted by Crippen LogP contribution is -2.37. The van der Waals surface area contributed by atoms with E-state index in [0.29, 0.717) is 16.9 Å². The van der Waals surface area contributed by atoms with Crippen LogP contribution in [0.25, 0.3) is 0 Å². The summed E-state index contributed by atoms with van der Waals surface area (Å²) in [5.41, 5.74) is 1.83. The number of hydrogen-bond donors (Lipinski definition) is 0. The van der Waals surface area contributed by atoms with E-state index < -0.39 is 0 Å². The van der Waals surface area contributed by atoms with Crippen molar-refractivity contribution in [3.8, 4) is 0 Å². The molecule has 0 aromatic rings. The molecule has 0 aromatic carbocycles. The second-order valence-corrected chi connectivity index (χ2v) is 7.40. The SMILES string of the molecule is CC(C)=CC(=O)N1CC2(C)CC1CC(C)(C)C2. The highest BCUT2D eigenvalue weighted by atomic mass is 16.2. The number of nitrogens with zero attached hydrogens (tertiary/aromatic N) is 1. The van der Waals surface area contributed by atoms with Gasteiger partial charge in [-0.1, -0.05) is 26.3 Å². The van der Waals surface area contributed by atoms with E-state index in [1.807, 2.05) is 13.8 Å². The van der Waals surface area contributed by atoms with Gasteiger partial charge in [-0.25, -0.2) is 0 Å². The molecule has 1 saturated carbocycles. The number of allylic oxidation sites excluding steroid dienone is 1. The molecule has 1 amide bonds. The van der Waals surface area contributed by atoms with E-state index in [0.717, 1.165) is 18.5 Å². The number of rotatable bonds is 1. The number of carbonyl (C=O) groups is 1. The number of fused-ring (bicyclic) bond motifs is 2. The van der Waals surface area contributed by atoms with E-state index in [2.05, 4.69) is 25.7 Å². The van der Waals surface area contributed by atoms with E-state index in [4.69, 9.17) is 0 Å². The van der Waals surface area contributed by atoms with Crippen molar-refractivity contribution < 1.29 is 4.79 Å². The molecule has 2 fully saturated rings. The maximum atomic E-state index is 12.2. The van der Waals surface area contributed by atoms with Gasteiger partial charge in [0.1, 0.15) is 0 Å². The quantitative estimate of drug-likeness (QED) is 0.638. The first-order valence-corrected chi connectivity index (χ1v) is 6.66. The summed E-state index contributed by atoms with van der Waals surface area (Å²) in [5.74, 6) is 0.219. The molecule has 2 rings (SSSR count). The summed E-state index contributed by atoms with van der Waals surface area (Å²) in [5, 5.41) is 0. The van der Waals surface area contributed by atoms with Crippen LogP contribution in [-0.4, -0.2) is 23.4 Å². The van der Waals surface area contributed by atoms with Crippen molar-refractivity contribution in [2.45, 2.75) is 59.9 Å². The molecule has 0 radical (unpaired) electrons. The fourth-order valence-corrected chi connectivity index (χ4v) is 4.05. The lowest BCUT2D eigenvalue weighted by molar-refractivity contribution is -0.127. The number of hydrogen-bond acceptors (Lipinski definition) is 1. The van der Waals surface area contributed by atoms with E-state index >= 15 is 0 Å². The van der Waals surface area contributed by atoms with Crippen LogP contribution >= 0.6 is 0 Å². The third kappa shape index (κ3) is 2.56. The summed E-state index contributed by atoms with van der Waals surface area (Å²) in [6.07, 6.45) is 5.38. The molecule has 2 atom stereocenters. The first-order valence-electron chi connectivity index (χ1n) is 6.66. The summed E-state index contributed by atoms with van der Waals surface area (Å²) in [6, 6.07) is 0.465. The largest absolute Gasteiger partial charge is 0.336 e. The fourth-order valence-electron chi connectivity index (χ4n) is 4.05. The van der Waals surface area contributed by atoms with Gasteiger partial charge in [-0.2, -0.15) is 0 Å². The van der Waals surface area contributed by atoms with Gasteiger partial charge in [-0.05, 0) is 43.9 Å². The van der Waals surface area contributed by atoms with E-state index in [-0.39, 0.29) is 5.91 Å². The minimum absolute atomic E-state index is 0.219. The maximum Gasteiger partial charge on any atom is 0.246 e. The molecule has 2 aliphatic rings. The van der Waals surface area contributed by atoms with Gasteiger partial charge in [0.2, 0.25) is 5.91 Å². The minimum Gasteiger partial charge on any atom is -0.336 e. The molecular weight excluding hydrogens is 210 g/mol. The van der Waals surface area contributed by atoms with Crippen LogP contribution in [0.5, 0.6) is 0 Å². The van der Waals surface area contributed by atoms with Crippen LogP contribution in [0.1, 0.15) is 53.9 Å². The molecule has 1 aliphatic heterocycles. The molecule has 1 saturated heterocycles. The number of carbonyl (C=O) groups excluding carboxylic acids is 1. The van der Waals surface area contributed by atoms with E-state index in [9.17, 15) is 4.79 Å². The Morgan fingerprint density at radius 1 is 1.24 bits per heavy atom. The van der Waals surface area contributed by atoms with Gasteiger partial charge in [-0.15, -0.1) is 0 Å². The molecule has 2 unspecified atom stereocenters. The average Bonchev–Trinajstić information content (AvgIpc) is 2.33. The van der Waals surface area contributed by atoms with Crippen molar-refractivity contribution in [1.29, 1.82) is 0 Å². The predicted molar refractivity (Wildman–Crippen MR) is 70.7 cm³/mol. The Kier molecular flexibility index (Phi) is 2.87. The van der Waals surface area contributed by atoms with Crippen LogP contribution in [0, 0.1) is 10.8 Å². The highest BCUT2D eigenvalue weighted by Crippen LogP contribution is 2.52. The second-order valence-electron chi connectivity index (χ2n) is 7.40. The zero-order chi connectivity index (χ0) is 12.8. The van der Waals surface area contributed by atoms with Crippen molar-refractivity contribution in [3.63, 3.8) is 0 Å². The molecule has 17 heavy (non-hydrogen) atoms. The van der Waals surface area contributed by atoms with Crippen LogP contribution in [0.4, 0.5) is 0 Å². The molecule has 0 spiro atoms. The van der Waals surface area contributed by atoms with Crippen molar-refractivity contribution in [1.82, 2.24) is 4.90 Å². The van der Waals surface area contributed by atoms with Gasteiger partial charge < -0.3 is 4.90 Å². The van der Waals surface area contributed by atoms with Gasteiger partial charge in [-0.3, -0.25) is 4.79 Å². The molecule has 1 aliphatic carbocycles. The van der Waals surface area contributed by atoms with Crippen LogP contribution in [0.2, 0.25) is 0 Å². The topological polar surface area (TPSA) is 20.3 Å². The van der Waals surface area contributed by atoms with Gasteiger partial charge in [0.25, 0.3) is 0 Å². The second kappa shape index (κ2) is 3.86. The molecular formula is C15H25NO. The molecule has 96 valence electrons. The highest BCUT2D eigenvalue weighted by Gasteiger charge is 2.50. The summed E-state index contributed by atoms with van der Waals surface area (Å²) in [6.45, 7) is 12.0. The Morgan fingerprint density at radius 2 is 1.88 bits per heavy atom. The van der Waals surface area contributed by atoms with Crippen LogP contribution < -0.4 is 0 Å². The van der Waals surface area contributed by atoms with Crippen LogP contribution in [0.3, 0.4) is 0 Å². The third-order valence-electron chi connectivity index (χ3n) is 4.11. The lowest BCUT2D eigenvalue weighted by Gasteiger charge is -2.39. The Balaban J connectivity index is 2.19. The lowest BCUT2D eigenvalue weighted by atomic mass is 9.65. The summed E-state index contributed by atoms with van der Waals surface area (Å²) >= 11 is 0. The highest BCUT2D eigenvalue weighted by molar-refractivity contribution is 5.88. The standard InChI is InChI=1S/C15H25NO/c1-11(2)6-13(17)16-10-15(5)8-12(16)7-14(3,4)9-15/h6,12H,7-10H2,1-5H3. The van der Waals surface area contributed by atoms with Crippen molar-refractivity contribution in [2.75, 3.05) is 6.54 Å². The molecule has 1 heterocycles. The first kappa shape index (κ1) is 12.7. The molecule has 2 nitrogen and oxygen atoms in total.